The van der Waals surface area contributed by atoms with Gasteiger partial charge in [0.25, 0.3) is 0 Å². The molecule has 104 valence electrons. The molecule has 0 saturated heterocycles. The Bertz CT molecular complexity index is 321. The molecular weight excluding hydrogens is 272 g/mol. The highest BCUT2D eigenvalue weighted by Crippen LogP contribution is 2.16. The van der Waals surface area contributed by atoms with Crippen molar-refractivity contribution in [2.45, 2.75) is 31.3 Å². The number of aromatic nitrogens is 4. The summed E-state index contributed by atoms with van der Waals surface area (Å²) >= 11 is 3.63. The minimum Gasteiger partial charge on any atom is -0.354 e. The Morgan fingerprint density at radius 2 is 2.06 bits per heavy atom. The summed E-state index contributed by atoms with van der Waals surface area (Å²) in [6, 6.07) is 0. The number of hydrogen-bond acceptors (Lipinski definition) is 7. The monoisotopic (exact) mass is 292 g/mol. The van der Waals surface area contributed by atoms with Crippen molar-refractivity contribution in [3.8, 4) is 0 Å². The fraction of sp³-hybridized carbons (Fsp3) is 0.900. The molecule has 0 N–H and O–H groups in total. The van der Waals surface area contributed by atoms with Crippen LogP contribution in [-0.2, 0) is 16.0 Å². The van der Waals surface area contributed by atoms with Crippen LogP contribution in [0.4, 0.5) is 0 Å². The van der Waals surface area contributed by atoms with Gasteiger partial charge in [0, 0.05) is 20.0 Å². The van der Waals surface area contributed by atoms with Crippen molar-refractivity contribution in [3.63, 3.8) is 0 Å². The van der Waals surface area contributed by atoms with E-state index in [1.54, 1.807) is 30.7 Å². The highest BCUT2D eigenvalue weighted by Gasteiger charge is 2.12. The van der Waals surface area contributed by atoms with Crippen LogP contribution >= 0.6 is 23.5 Å². The molecule has 6 nitrogen and oxygen atoms in total. The summed E-state index contributed by atoms with van der Waals surface area (Å²) in [5.41, 5.74) is 0. The third-order valence-corrected chi connectivity index (χ3v) is 4.24. The minimum atomic E-state index is -0.316. The molecule has 0 spiro atoms. The van der Waals surface area contributed by atoms with Crippen LogP contribution < -0.4 is 0 Å². The van der Waals surface area contributed by atoms with E-state index in [1.165, 1.54) is 11.5 Å². The number of nitrogens with zero attached hydrogens (tertiary/aromatic N) is 4. The van der Waals surface area contributed by atoms with Crippen molar-refractivity contribution < 1.29 is 9.47 Å². The number of methoxy groups -OCH3 is 2. The van der Waals surface area contributed by atoms with E-state index >= 15 is 0 Å². The summed E-state index contributed by atoms with van der Waals surface area (Å²) in [6.07, 6.45) is 0.845. The maximum Gasteiger partial charge on any atom is 0.209 e. The second kappa shape index (κ2) is 9.60. The lowest BCUT2D eigenvalue weighted by molar-refractivity contribution is -0.113. The van der Waals surface area contributed by atoms with Gasteiger partial charge in [0.15, 0.2) is 6.29 Å². The van der Waals surface area contributed by atoms with E-state index in [9.17, 15) is 0 Å². The molecule has 1 aromatic heterocycles. The van der Waals surface area contributed by atoms with Gasteiger partial charge >= 0.3 is 0 Å². The Balaban J connectivity index is 2.35. The van der Waals surface area contributed by atoms with E-state index < -0.39 is 0 Å². The quantitative estimate of drug-likeness (QED) is 0.368. The number of rotatable bonds is 10. The highest BCUT2D eigenvalue weighted by molar-refractivity contribution is 8.00. The third-order valence-electron chi connectivity index (χ3n) is 2.22. The van der Waals surface area contributed by atoms with E-state index in [2.05, 4.69) is 22.4 Å². The fourth-order valence-electron chi connectivity index (χ4n) is 1.27. The summed E-state index contributed by atoms with van der Waals surface area (Å²) < 4.78 is 12.0. The molecule has 1 heterocycles. The van der Waals surface area contributed by atoms with Gasteiger partial charge in [-0.2, -0.15) is 11.8 Å². The summed E-state index contributed by atoms with van der Waals surface area (Å²) in [5.74, 6) is 3.38. The van der Waals surface area contributed by atoms with Gasteiger partial charge in [0.1, 0.15) is 0 Å². The Hall–Kier alpha value is -0.310. The van der Waals surface area contributed by atoms with Crippen LogP contribution in [0.2, 0.25) is 0 Å². The van der Waals surface area contributed by atoms with Crippen LogP contribution in [0.1, 0.15) is 13.3 Å². The average molecular weight is 292 g/mol. The Kier molecular flexibility index (Phi) is 8.40. The van der Waals surface area contributed by atoms with Crippen molar-refractivity contribution in [2.24, 2.45) is 0 Å². The normalized spacial score (nSPS) is 11.3. The molecule has 0 bridgehead atoms. The van der Waals surface area contributed by atoms with Gasteiger partial charge in [-0.15, -0.1) is 5.10 Å². The topological polar surface area (TPSA) is 62.1 Å². The maximum atomic E-state index is 5.13. The van der Waals surface area contributed by atoms with Crippen molar-refractivity contribution in [1.82, 2.24) is 20.2 Å². The fourth-order valence-corrected chi connectivity index (χ4v) is 2.92. The smallest absolute Gasteiger partial charge is 0.209 e. The molecule has 0 atom stereocenters. The highest BCUT2D eigenvalue weighted by atomic mass is 32.2. The van der Waals surface area contributed by atoms with Gasteiger partial charge in [-0.25, -0.2) is 4.68 Å². The van der Waals surface area contributed by atoms with Gasteiger partial charge in [-0.3, -0.25) is 0 Å². The van der Waals surface area contributed by atoms with E-state index in [4.69, 9.17) is 9.47 Å². The predicted octanol–water partition coefficient (Wildman–Crippen LogP) is 1.53. The molecule has 1 rings (SSSR count). The van der Waals surface area contributed by atoms with Crippen LogP contribution in [0.5, 0.6) is 0 Å². The molecule has 18 heavy (non-hydrogen) atoms. The molecule has 0 aromatic carbocycles. The number of tetrazole rings is 1. The van der Waals surface area contributed by atoms with Crippen LogP contribution in [0.3, 0.4) is 0 Å². The SMILES string of the molecule is CCSCCCSc1nnnn1CC(OC)OC. The Labute approximate surface area is 116 Å². The van der Waals surface area contributed by atoms with Crippen molar-refractivity contribution >= 4 is 23.5 Å². The number of thioether (sulfide) groups is 2. The summed E-state index contributed by atoms with van der Waals surface area (Å²) in [6.45, 7) is 2.68. The molecule has 0 amide bonds. The zero-order valence-electron chi connectivity index (χ0n) is 11.0. The lowest BCUT2D eigenvalue weighted by Gasteiger charge is -2.13. The molecule has 0 radical (unpaired) electrons. The van der Waals surface area contributed by atoms with Crippen molar-refractivity contribution in [2.75, 3.05) is 31.5 Å². The molecule has 1 aromatic rings. The van der Waals surface area contributed by atoms with Gasteiger partial charge in [-0.1, -0.05) is 18.7 Å². The molecule has 8 heteroatoms. The van der Waals surface area contributed by atoms with Gasteiger partial charge in [0.2, 0.25) is 5.16 Å². The zero-order chi connectivity index (χ0) is 13.2. The molecule has 0 aliphatic heterocycles. The molecule has 0 fully saturated rings. The maximum absolute atomic E-state index is 5.13. The van der Waals surface area contributed by atoms with Crippen LogP contribution in [-0.4, -0.2) is 58.0 Å². The molecule has 0 saturated carbocycles. The summed E-state index contributed by atoms with van der Waals surface area (Å²) in [4.78, 5) is 0. The predicted molar refractivity (Wildman–Crippen MR) is 74.0 cm³/mol. The van der Waals surface area contributed by atoms with E-state index in [0.717, 1.165) is 17.3 Å². The largest absolute Gasteiger partial charge is 0.354 e. The van der Waals surface area contributed by atoms with Crippen LogP contribution in [0, 0.1) is 0 Å². The van der Waals surface area contributed by atoms with E-state index in [1.807, 2.05) is 11.8 Å². The number of hydrogen-bond donors (Lipinski definition) is 0. The second-order valence-corrected chi connectivity index (χ2v) is 5.90. The van der Waals surface area contributed by atoms with Crippen LogP contribution in [0.15, 0.2) is 5.16 Å². The Morgan fingerprint density at radius 1 is 1.28 bits per heavy atom. The van der Waals surface area contributed by atoms with Crippen LogP contribution in [0.25, 0.3) is 0 Å². The molecular formula is C10H20N4O2S2. The zero-order valence-corrected chi connectivity index (χ0v) is 12.7. The van der Waals surface area contributed by atoms with Crippen molar-refractivity contribution in [1.29, 1.82) is 0 Å². The first-order valence-corrected chi connectivity index (χ1v) is 7.98. The van der Waals surface area contributed by atoms with Crippen molar-refractivity contribution in [3.05, 3.63) is 0 Å². The molecule has 0 unspecified atom stereocenters. The van der Waals surface area contributed by atoms with Gasteiger partial charge < -0.3 is 9.47 Å². The average Bonchev–Trinajstić information content (AvgIpc) is 2.83. The molecule has 0 aliphatic rings. The Morgan fingerprint density at radius 3 is 2.72 bits per heavy atom. The lowest BCUT2D eigenvalue weighted by atomic mass is 10.6. The summed E-state index contributed by atoms with van der Waals surface area (Å²) in [5, 5.41) is 12.4. The second-order valence-electron chi connectivity index (χ2n) is 3.44. The first-order chi connectivity index (χ1) is 8.81. The third kappa shape index (κ3) is 5.55. The van der Waals surface area contributed by atoms with E-state index in [0.29, 0.717) is 6.54 Å². The van der Waals surface area contributed by atoms with E-state index in [-0.39, 0.29) is 6.29 Å². The number of ether oxygens (including phenoxy) is 2. The standard InChI is InChI=1S/C10H20N4O2S2/c1-4-17-6-5-7-18-10-11-12-13-14(10)8-9(15-2)16-3/h9H,4-8H2,1-3H3. The first-order valence-electron chi connectivity index (χ1n) is 5.84. The first kappa shape index (κ1) is 15.7. The van der Waals surface area contributed by atoms with Gasteiger partial charge in [0.05, 0.1) is 6.54 Å². The summed E-state index contributed by atoms with van der Waals surface area (Å²) in [7, 11) is 3.21. The molecule has 0 aliphatic carbocycles. The van der Waals surface area contributed by atoms with Gasteiger partial charge in [-0.05, 0) is 28.4 Å². The lowest BCUT2D eigenvalue weighted by Crippen LogP contribution is -2.21. The minimum absolute atomic E-state index is 0.316.